The van der Waals surface area contributed by atoms with E-state index in [1.807, 2.05) is 4.90 Å². The van der Waals surface area contributed by atoms with Gasteiger partial charge in [-0.15, -0.1) is 0 Å². The molecule has 6 heteroatoms. The van der Waals surface area contributed by atoms with Crippen LogP contribution in [0.25, 0.3) is 0 Å². The predicted octanol–water partition coefficient (Wildman–Crippen LogP) is -0.867. The van der Waals surface area contributed by atoms with Crippen LogP contribution in [0, 0.1) is 0 Å². The first-order valence-electron chi connectivity index (χ1n) is 6.05. The molecule has 17 heavy (non-hydrogen) atoms. The van der Waals surface area contributed by atoms with E-state index in [2.05, 4.69) is 10.6 Å². The summed E-state index contributed by atoms with van der Waals surface area (Å²) in [4.78, 5) is 13.1. The molecule has 2 aliphatic heterocycles. The second-order valence-corrected chi connectivity index (χ2v) is 4.76. The van der Waals surface area contributed by atoms with E-state index in [0.29, 0.717) is 19.5 Å². The molecule has 0 bridgehead atoms. The molecule has 0 aromatic carbocycles. The Hall–Kier alpha value is -0.560. The number of nitrogens with zero attached hydrogens (tertiary/aromatic N) is 1. The number of ether oxygens (including phenoxy) is 1. The predicted molar refractivity (Wildman–Crippen MR) is 61.6 cm³/mol. The van der Waals surface area contributed by atoms with Crippen LogP contribution in [-0.4, -0.2) is 69.0 Å². The van der Waals surface area contributed by atoms with Gasteiger partial charge in [0.05, 0.1) is 6.10 Å². The number of nitrogens with one attached hydrogen (secondary N) is 2. The zero-order chi connectivity index (χ0) is 12.3. The Labute approximate surface area is 101 Å². The van der Waals surface area contributed by atoms with Gasteiger partial charge in [-0.05, 0) is 6.42 Å². The number of alkyl halides is 1. The number of aldehydes is 1. The molecule has 2 heterocycles. The second kappa shape index (κ2) is 5.39. The monoisotopic (exact) mass is 245 g/mol. The molecule has 0 radical (unpaired) electrons. The quantitative estimate of drug-likeness (QED) is 0.631. The van der Waals surface area contributed by atoms with Crippen molar-refractivity contribution in [2.45, 2.75) is 24.4 Å². The minimum Gasteiger partial charge on any atom is -0.378 e. The molecule has 0 unspecified atom stereocenters. The number of piperidine rings is 1. The molecule has 2 N–H and O–H groups in total. The number of methoxy groups -OCH3 is 1. The van der Waals surface area contributed by atoms with Gasteiger partial charge in [0.15, 0.2) is 6.29 Å². The topological polar surface area (TPSA) is 53.6 Å². The number of hydrogen-bond donors (Lipinski definition) is 2. The Balaban J connectivity index is 1.89. The van der Waals surface area contributed by atoms with Crippen LogP contribution in [0.5, 0.6) is 0 Å². The summed E-state index contributed by atoms with van der Waals surface area (Å²) in [6.45, 7) is 3.14. The minimum absolute atomic E-state index is 0.303. The van der Waals surface area contributed by atoms with E-state index in [1.165, 1.54) is 0 Å². The average Bonchev–Trinajstić information content (AvgIpc) is 2.79. The van der Waals surface area contributed by atoms with Crippen molar-refractivity contribution >= 4 is 6.29 Å². The molecule has 0 spiro atoms. The van der Waals surface area contributed by atoms with Gasteiger partial charge < -0.3 is 4.74 Å². The van der Waals surface area contributed by atoms with Gasteiger partial charge >= 0.3 is 0 Å². The maximum atomic E-state index is 13.7. The van der Waals surface area contributed by atoms with Gasteiger partial charge in [-0.2, -0.15) is 0 Å². The van der Waals surface area contributed by atoms with Crippen molar-refractivity contribution in [1.29, 1.82) is 0 Å². The molecule has 98 valence electrons. The van der Waals surface area contributed by atoms with Crippen LogP contribution in [0.1, 0.15) is 6.42 Å². The molecule has 2 atom stereocenters. The molecular weight excluding hydrogens is 225 g/mol. The number of carbonyl (C=O) groups is 1. The molecule has 2 saturated heterocycles. The fourth-order valence-corrected chi connectivity index (χ4v) is 2.57. The maximum Gasteiger partial charge on any atom is 0.156 e. The zero-order valence-corrected chi connectivity index (χ0v) is 10.1. The number of halogens is 1. The summed E-state index contributed by atoms with van der Waals surface area (Å²) in [7, 11) is 1.54. The van der Waals surface area contributed by atoms with Crippen LogP contribution in [0.3, 0.4) is 0 Å². The largest absolute Gasteiger partial charge is 0.378 e. The lowest BCUT2D eigenvalue weighted by molar-refractivity contribution is -0.115. The third-order valence-electron chi connectivity index (χ3n) is 3.55. The van der Waals surface area contributed by atoms with Gasteiger partial charge in [0.1, 0.15) is 11.8 Å². The molecule has 2 aliphatic rings. The third kappa shape index (κ3) is 2.82. The van der Waals surface area contributed by atoms with Gasteiger partial charge in [-0.3, -0.25) is 20.3 Å². The third-order valence-corrected chi connectivity index (χ3v) is 3.55. The first-order valence-corrected chi connectivity index (χ1v) is 6.05. The van der Waals surface area contributed by atoms with Gasteiger partial charge in [0.25, 0.3) is 0 Å². The van der Waals surface area contributed by atoms with E-state index < -0.39 is 11.8 Å². The van der Waals surface area contributed by atoms with E-state index in [1.54, 1.807) is 7.11 Å². The number of rotatable bonds is 4. The molecule has 2 rings (SSSR count). The van der Waals surface area contributed by atoms with Crippen LogP contribution < -0.4 is 10.6 Å². The van der Waals surface area contributed by atoms with Gasteiger partial charge in [-0.1, -0.05) is 0 Å². The normalized spacial score (nSPS) is 33.8. The SMILES string of the molecule is CO[C@H]1CCN(CC2(C=O)NCCN2)C[C@H]1F. The number of hydrogen-bond acceptors (Lipinski definition) is 5. The van der Waals surface area contributed by atoms with E-state index in [9.17, 15) is 9.18 Å². The van der Waals surface area contributed by atoms with Crippen LogP contribution in [0.15, 0.2) is 0 Å². The molecule has 0 aromatic rings. The Morgan fingerprint density at radius 2 is 2.24 bits per heavy atom. The van der Waals surface area contributed by atoms with Crippen LogP contribution in [-0.2, 0) is 9.53 Å². The molecule has 0 aliphatic carbocycles. The summed E-state index contributed by atoms with van der Waals surface area (Å²) < 4.78 is 18.8. The Morgan fingerprint density at radius 1 is 1.53 bits per heavy atom. The average molecular weight is 245 g/mol. The lowest BCUT2D eigenvalue weighted by Crippen LogP contribution is -2.60. The van der Waals surface area contributed by atoms with E-state index >= 15 is 0 Å². The molecule has 2 fully saturated rings. The first-order chi connectivity index (χ1) is 8.19. The summed E-state index contributed by atoms with van der Waals surface area (Å²) in [6, 6.07) is 0. The van der Waals surface area contributed by atoms with Crippen molar-refractivity contribution in [3.63, 3.8) is 0 Å². The Morgan fingerprint density at radius 3 is 2.76 bits per heavy atom. The molecule has 5 nitrogen and oxygen atoms in total. The highest BCUT2D eigenvalue weighted by Crippen LogP contribution is 2.18. The van der Waals surface area contributed by atoms with Gasteiger partial charge in [-0.25, -0.2) is 4.39 Å². The highest BCUT2D eigenvalue weighted by molar-refractivity contribution is 5.64. The van der Waals surface area contributed by atoms with E-state index in [0.717, 1.165) is 25.9 Å². The lowest BCUT2D eigenvalue weighted by atomic mass is 10.0. The fraction of sp³-hybridized carbons (Fsp3) is 0.909. The highest BCUT2D eigenvalue weighted by atomic mass is 19.1. The van der Waals surface area contributed by atoms with Crippen LogP contribution in [0.2, 0.25) is 0 Å². The Kier molecular flexibility index (Phi) is 4.09. The summed E-state index contributed by atoms with van der Waals surface area (Å²) in [5, 5.41) is 6.27. The van der Waals surface area contributed by atoms with E-state index in [-0.39, 0.29) is 6.10 Å². The van der Waals surface area contributed by atoms with Crippen molar-refractivity contribution in [2.75, 3.05) is 39.8 Å². The molecule has 0 saturated carbocycles. The molecular formula is C11H20FN3O2. The number of carbonyl (C=O) groups excluding carboxylic acids is 1. The smallest absolute Gasteiger partial charge is 0.156 e. The van der Waals surface area contributed by atoms with Gasteiger partial charge in [0.2, 0.25) is 0 Å². The Bertz CT molecular complexity index is 271. The van der Waals surface area contributed by atoms with Crippen LogP contribution in [0.4, 0.5) is 4.39 Å². The van der Waals surface area contributed by atoms with Crippen molar-refractivity contribution < 1.29 is 13.9 Å². The summed E-state index contributed by atoms with van der Waals surface area (Å²) in [6.07, 6.45) is 0.282. The standard InChI is InChI=1S/C11H20FN3O2/c1-17-10-2-5-15(6-9(10)12)7-11(8-16)13-3-4-14-11/h8-10,13-14H,2-7H2,1H3/t9-,10+/m1/s1. The van der Waals surface area contributed by atoms with Crippen molar-refractivity contribution in [3.05, 3.63) is 0 Å². The minimum atomic E-state index is -0.973. The first kappa shape index (κ1) is 12.9. The summed E-state index contributed by atoms with van der Waals surface area (Å²) in [5.41, 5.74) is -0.695. The fourth-order valence-electron chi connectivity index (χ4n) is 2.57. The zero-order valence-electron chi connectivity index (χ0n) is 10.1. The molecule has 0 aromatic heterocycles. The number of likely N-dealkylation sites (tertiary alicyclic amines) is 1. The second-order valence-electron chi connectivity index (χ2n) is 4.76. The van der Waals surface area contributed by atoms with Crippen molar-refractivity contribution in [3.8, 4) is 0 Å². The highest BCUT2D eigenvalue weighted by Gasteiger charge is 2.37. The molecule has 0 amide bonds. The summed E-state index contributed by atoms with van der Waals surface area (Å²) in [5.74, 6) is 0. The van der Waals surface area contributed by atoms with Crippen molar-refractivity contribution in [2.24, 2.45) is 0 Å². The lowest BCUT2D eigenvalue weighted by Gasteiger charge is -2.37. The maximum absolute atomic E-state index is 13.7. The summed E-state index contributed by atoms with van der Waals surface area (Å²) >= 11 is 0. The van der Waals surface area contributed by atoms with Crippen LogP contribution >= 0.6 is 0 Å². The van der Waals surface area contributed by atoms with Gasteiger partial charge in [0, 0.05) is 39.8 Å². The van der Waals surface area contributed by atoms with Crippen molar-refractivity contribution in [1.82, 2.24) is 15.5 Å². The van der Waals surface area contributed by atoms with E-state index in [4.69, 9.17) is 4.74 Å².